The number of pyridine rings is 1. The molecule has 0 spiro atoms. The van der Waals surface area contributed by atoms with Crippen LogP contribution >= 0.6 is 23.2 Å². The number of halogens is 2. The Balaban J connectivity index is 2.55. The van der Waals surface area contributed by atoms with Gasteiger partial charge >= 0.3 is 5.97 Å². The molecule has 0 fully saturated rings. The molecule has 0 aliphatic rings. The Hall–Kier alpha value is -0.800. The highest BCUT2D eigenvalue weighted by Gasteiger charge is 2.13. The van der Waals surface area contributed by atoms with Crippen molar-refractivity contribution in [2.24, 2.45) is 0 Å². The van der Waals surface area contributed by atoms with Crippen LogP contribution in [0.4, 0.5) is 0 Å². The predicted molar refractivity (Wildman–Crippen MR) is 64.1 cm³/mol. The maximum absolute atomic E-state index is 11.6. The first-order valence-electron chi connectivity index (χ1n) is 5.14. The lowest BCUT2D eigenvalue weighted by atomic mass is 10.3. The van der Waals surface area contributed by atoms with E-state index in [0.717, 1.165) is 19.3 Å². The lowest BCUT2D eigenvalue weighted by Gasteiger charge is -2.05. The smallest absolute Gasteiger partial charge is 0.358 e. The zero-order chi connectivity index (χ0) is 12.0. The van der Waals surface area contributed by atoms with E-state index in [0.29, 0.717) is 6.61 Å². The number of esters is 1. The molecular weight excluding hydrogens is 249 g/mol. The summed E-state index contributed by atoms with van der Waals surface area (Å²) in [5.41, 5.74) is 0.0747. The number of nitrogens with zero attached hydrogens (tertiary/aromatic N) is 1. The molecule has 0 unspecified atom stereocenters. The molecule has 0 radical (unpaired) electrons. The molecule has 1 rings (SSSR count). The monoisotopic (exact) mass is 261 g/mol. The highest BCUT2D eigenvalue weighted by atomic mass is 35.5. The van der Waals surface area contributed by atoms with Crippen LogP contribution in [0.15, 0.2) is 12.1 Å². The lowest BCUT2D eigenvalue weighted by molar-refractivity contribution is 0.0491. The Morgan fingerprint density at radius 2 is 2.12 bits per heavy atom. The molecule has 0 N–H and O–H groups in total. The van der Waals surface area contributed by atoms with Gasteiger partial charge in [-0.2, -0.15) is 0 Å². The first-order valence-corrected chi connectivity index (χ1v) is 5.90. The molecule has 0 aromatic carbocycles. The summed E-state index contributed by atoms with van der Waals surface area (Å²) in [6.07, 6.45) is 2.96. The van der Waals surface area contributed by atoms with Crippen molar-refractivity contribution in [3.63, 3.8) is 0 Å². The van der Waals surface area contributed by atoms with Crippen LogP contribution in [0.25, 0.3) is 0 Å². The maximum Gasteiger partial charge on any atom is 0.358 e. The molecule has 16 heavy (non-hydrogen) atoms. The molecule has 1 aromatic heterocycles. The average molecular weight is 262 g/mol. The van der Waals surface area contributed by atoms with Crippen molar-refractivity contribution in [1.82, 2.24) is 4.98 Å². The first kappa shape index (κ1) is 13.3. The molecule has 1 heterocycles. The van der Waals surface area contributed by atoms with E-state index in [1.165, 1.54) is 12.1 Å². The number of carbonyl (C=O) groups excluding carboxylic acids is 1. The predicted octanol–water partition coefficient (Wildman–Crippen LogP) is 3.74. The summed E-state index contributed by atoms with van der Waals surface area (Å²) in [5, 5.41) is 0.481. The molecule has 0 saturated carbocycles. The van der Waals surface area contributed by atoms with Crippen molar-refractivity contribution in [2.75, 3.05) is 6.61 Å². The summed E-state index contributed by atoms with van der Waals surface area (Å²) in [6, 6.07) is 3.05. The van der Waals surface area contributed by atoms with Gasteiger partial charge in [-0.15, -0.1) is 0 Å². The minimum atomic E-state index is -0.524. The highest BCUT2D eigenvalue weighted by molar-refractivity contribution is 6.34. The third-order valence-electron chi connectivity index (χ3n) is 1.99. The molecule has 1 aromatic rings. The van der Waals surface area contributed by atoms with Gasteiger partial charge in [0.1, 0.15) is 5.15 Å². The van der Waals surface area contributed by atoms with Gasteiger partial charge in [0, 0.05) is 0 Å². The second-order valence-electron chi connectivity index (χ2n) is 3.31. The Labute approximate surface area is 105 Å². The Morgan fingerprint density at radius 3 is 2.81 bits per heavy atom. The fourth-order valence-electron chi connectivity index (χ4n) is 1.15. The standard InChI is InChI=1S/C11H13Cl2NO2/c1-2-3-4-7-16-11(15)10-8(12)5-6-9(13)14-10/h5-6H,2-4,7H2,1H3. The van der Waals surface area contributed by atoms with Gasteiger partial charge in [-0.3, -0.25) is 0 Å². The largest absolute Gasteiger partial charge is 0.461 e. The van der Waals surface area contributed by atoms with Crippen molar-refractivity contribution < 1.29 is 9.53 Å². The van der Waals surface area contributed by atoms with Crippen LogP contribution in [0.1, 0.15) is 36.7 Å². The number of carbonyl (C=O) groups is 1. The van der Waals surface area contributed by atoms with Crippen molar-refractivity contribution in [1.29, 1.82) is 0 Å². The molecule has 0 aliphatic heterocycles. The van der Waals surface area contributed by atoms with E-state index >= 15 is 0 Å². The van der Waals surface area contributed by atoms with Gasteiger partial charge in [0.15, 0.2) is 5.69 Å². The molecule has 0 amide bonds. The SMILES string of the molecule is CCCCCOC(=O)c1nc(Cl)ccc1Cl. The Morgan fingerprint density at radius 1 is 1.38 bits per heavy atom. The fraction of sp³-hybridized carbons (Fsp3) is 0.455. The minimum absolute atomic E-state index is 0.0747. The van der Waals surface area contributed by atoms with Crippen LogP contribution in [0.2, 0.25) is 10.2 Å². The third-order valence-corrected chi connectivity index (χ3v) is 2.50. The molecule has 0 atom stereocenters. The van der Waals surface area contributed by atoms with Gasteiger partial charge in [-0.25, -0.2) is 9.78 Å². The van der Waals surface area contributed by atoms with Crippen LogP contribution in [0.5, 0.6) is 0 Å². The van der Waals surface area contributed by atoms with E-state index in [4.69, 9.17) is 27.9 Å². The Kier molecular flexibility index (Phi) is 5.56. The first-order chi connectivity index (χ1) is 7.65. The summed E-state index contributed by atoms with van der Waals surface area (Å²) in [7, 11) is 0. The van der Waals surface area contributed by atoms with Crippen LogP contribution in [-0.2, 0) is 4.74 Å². The van der Waals surface area contributed by atoms with Gasteiger partial charge in [0.2, 0.25) is 0 Å². The van der Waals surface area contributed by atoms with Gasteiger partial charge < -0.3 is 4.74 Å². The quantitative estimate of drug-likeness (QED) is 0.461. The van der Waals surface area contributed by atoms with E-state index in [1.54, 1.807) is 0 Å². The van der Waals surface area contributed by atoms with Gasteiger partial charge in [0.05, 0.1) is 11.6 Å². The molecule has 0 saturated heterocycles. The van der Waals surface area contributed by atoms with Crippen LogP contribution in [0, 0.1) is 0 Å². The molecule has 88 valence electrons. The number of hydrogen-bond acceptors (Lipinski definition) is 3. The summed E-state index contributed by atoms with van der Waals surface area (Å²) in [6.45, 7) is 2.47. The van der Waals surface area contributed by atoms with Gasteiger partial charge in [-0.1, -0.05) is 43.0 Å². The van der Waals surface area contributed by atoms with Crippen molar-refractivity contribution in [3.05, 3.63) is 28.0 Å². The Bertz CT molecular complexity index is 369. The van der Waals surface area contributed by atoms with Gasteiger partial charge in [-0.05, 0) is 18.6 Å². The minimum Gasteiger partial charge on any atom is -0.461 e. The second kappa shape index (κ2) is 6.71. The molecule has 5 heteroatoms. The maximum atomic E-state index is 11.6. The van der Waals surface area contributed by atoms with E-state index in [2.05, 4.69) is 11.9 Å². The normalized spacial score (nSPS) is 10.2. The number of unbranched alkanes of at least 4 members (excludes halogenated alkanes) is 2. The molecule has 0 aliphatic carbocycles. The van der Waals surface area contributed by atoms with E-state index in [1.807, 2.05) is 0 Å². The van der Waals surface area contributed by atoms with Crippen molar-refractivity contribution in [2.45, 2.75) is 26.2 Å². The second-order valence-corrected chi connectivity index (χ2v) is 4.10. The van der Waals surface area contributed by atoms with E-state index in [9.17, 15) is 4.79 Å². The zero-order valence-electron chi connectivity index (χ0n) is 9.00. The van der Waals surface area contributed by atoms with Crippen LogP contribution < -0.4 is 0 Å². The van der Waals surface area contributed by atoms with Crippen LogP contribution in [0.3, 0.4) is 0 Å². The summed E-state index contributed by atoms with van der Waals surface area (Å²) >= 11 is 11.5. The third kappa shape index (κ3) is 3.99. The fourth-order valence-corrected chi connectivity index (χ4v) is 1.48. The molecule has 0 bridgehead atoms. The number of rotatable bonds is 5. The van der Waals surface area contributed by atoms with Crippen molar-refractivity contribution in [3.8, 4) is 0 Å². The topological polar surface area (TPSA) is 39.2 Å². The zero-order valence-corrected chi connectivity index (χ0v) is 10.5. The van der Waals surface area contributed by atoms with Crippen LogP contribution in [-0.4, -0.2) is 17.6 Å². The average Bonchev–Trinajstić information content (AvgIpc) is 2.27. The number of hydrogen-bond donors (Lipinski definition) is 0. The van der Waals surface area contributed by atoms with Crippen molar-refractivity contribution >= 4 is 29.2 Å². The number of aromatic nitrogens is 1. The van der Waals surface area contributed by atoms with E-state index < -0.39 is 5.97 Å². The summed E-state index contributed by atoms with van der Waals surface area (Å²) in [4.78, 5) is 15.4. The summed E-state index contributed by atoms with van der Waals surface area (Å²) in [5.74, 6) is -0.524. The van der Waals surface area contributed by atoms with Gasteiger partial charge in [0.25, 0.3) is 0 Å². The highest BCUT2D eigenvalue weighted by Crippen LogP contribution is 2.17. The lowest BCUT2D eigenvalue weighted by Crippen LogP contribution is -2.09. The molecule has 3 nitrogen and oxygen atoms in total. The number of ether oxygens (including phenoxy) is 1. The van der Waals surface area contributed by atoms with E-state index in [-0.39, 0.29) is 15.9 Å². The molecular formula is C11H13Cl2NO2. The summed E-state index contributed by atoms with van der Waals surface area (Å²) < 4.78 is 5.02.